The van der Waals surface area contributed by atoms with E-state index in [2.05, 4.69) is 0 Å². The average Bonchev–Trinajstić information content (AvgIpc) is 2.49. The standard InChI is InChI=1S/C12H24N2O2/c1-2-16-11(10-13)7-9-14-8-5-3-4-6-12(14)15/h11H,2-10,13H2,1H3. The quantitative estimate of drug-likeness (QED) is 0.742. The van der Waals surface area contributed by atoms with Gasteiger partial charge in [0.05, 0.1) is 6.10 Å². The molecular weight excluding hydrogens is 204 g/mol. The number of carbonyl (C=O) groups is 1. The van der Waals surface area contributed by atoms with Crippen LogP contribution in [0.1, 0.15) is 39.0 Å². The van der Waals surface area contributed by atoms with Gasteiger partial charge >= 0.3 is 0 Å². The molecule has 1 atom stereocenters. The van der Waals surface area contributed by atoms with Crippen LogP contribution in [-0.4, -0.2) is 43.2 Å². The second-order valence-corrected chi connectivity index (χ2v) is 4.29. The summed E-state index contributed by atoms with van der Waals surface area (Å²) >= 11 is 0. The van der Waals surface area contributed by atoms with Gasteiger partial charge in [0.2, 0.25) is 5.91 Å². The van der Waals surface area contributed by atoms with Crippen LogP contribution in [0.3, 0.4) is 0 Å². The molecule has 1 unspecified atom stereocenters. The first-order chi connectivity index (χ1) is 7.77. The van der Waals surface area contributed by atoms with Crippen LogP contribution in [0.25, 0.3) is 0 Å². The fraction of sp³-hybridized carbons (Fsp3) is 0.917. The minimum atomic E-state index is 0.0982. The molecule has 0 spiro atoms. The summed E-state index contributed by atoms with van der Waals surface area (Å²) in [5.41, 5.74) is 5.61. The molecule has 94 valence electrons. The van der Waals surface area contributed by atoms with Crippen molar-refractivity contribution in [1.29, 1.82) is 0 Å². The molecule has 1 heterocycles. The van der Waals surface area contributed by atoms with E-state index in [9.17, 15) is 4.79 Å². The summed E-state index contributed by atoms with van der Waals surface area (Å²) < 4.78 is 5.49. The zero-order valence-corrected chi connectivity index (χ0v) is 10.3. The SMILES string of the molecule is CCOC(CN)CCN1CCCCCC1=O. The highest BCUT2D eigenvalue weighted by Crippen LogP contribution is 2.12. The number of hydrogen-bond donors (Lipinski definition) is 1. The first-order valence-corrected chi connectivity index (χ1v) is 6.37. The molecule has 1 rings (SSSR count). The zero-order chi connectivity index (χ0) is 11.8. The van der Waals surface area contributed by atoms with Crippen LogP contribution >= 0.6 is 0 Å². The average molecular weight is 228 g/mol. The van der Waals surface area contributed by atoms with Crippen LogP contribution in [0.2, 0.25) is 0 Å². The molecule has 4 heteroatoms. The van der Waals surface area contributed by atoms with Gasteiger partial charge in [-0.05, 0) is 26.2 Å². The van der Waals surface area contributed by atoms with Crippen molar-refractivity contribution in [3.63, 3.8) is 0 Å². The van der Waals surface area contributed by atoms with Gasteiger partial charge in [0.1, 0.15) is 0 Å². The predicted octanol–water partition coefficient (Wildman–Crippen LogP) is 1.14. The van der Waals surface area contributed by atoms with Gasteiger partial charge in [0, 0.05) is 32.7 Å². The van der Waals surface area contributed by atoms with Crippen molar-refractivity contribution < 1.29 is 9.53 Å². The van der Waals surface area contributed by atoms with Gasteiger partial charge in [-0.2, -0.15) is 0 Å². The third kappa shape index (κ3) is 4.49. The van der Waals surface area contributed by atoms with E-state index in [0.717, 1.165) is 32.4 Å². The lowest BCUT2D eigenvalue weighted by molar-refractivity contribution is -0.131. The van der Waals surface area contributed by atoms with Crippen LogP contribution in [0.15, 0.2) is 0 Å². The second-order valence-electron chi connectivity index (χ2n) is 4.29. The molecule has 1 aliphatic heterocycles. The molecule has 0 saturated carbocycles. The second kappa shape index (κ2) is 7.63. The summed E-state index contributed by atoms with van der Waals surface area (Å²) in [6.07, 6.45) is 5.02. The minimum Gasteiger partial charge on any atom is -0.377 e. The van der Waals surface area contributed by atoms with Crippen molar-refractivity contribution in [2.45, 2.75) is 45.1 Å². The van der Waals surface area contributed by atoms with E-state index in [1.54, 1.807) is 0 Å². The maximum absolute atomic E-state index is 11.7. The molecule has 1 fully saturated rings. The number of ether oxygens (including phenoxy) is 1. The van der Waals surface area contributed by atoms with Crippen molar-refractivity contribution in [3.05, 3.63) is 0 Å². The maximum atomic E-state index is 11.7. The fourth-order valence-corrected chi connectivity index (χ4v) is 2.08. The number of amides is 1. The lowest BCUT2D eigenvalue weighted by Crippen LogP contribution is -2.35. The van der Waals surface area contributed by atoms with E-state index >= 15 is 0 Å². The Morgan fingerprint density at radius 2 is 2.25 bits per heavy atom. The van der Waals surface area contributed by atoms with Crippen molar-refractivity contribution in [2.75, 3.05) is 26.2 Å². The molecular formula is C12H24N2O2. The molecule has 16 heavy (non-hydrogen) atoms. The van der Waals surface area contributed by atoms with E-state index in [1.165, 1.54) is 6.42 Å². The third-order valence-corrected chi connectivity index (χ3v) is 3.06. The molecule has 0 aromatic carbocycles. The first-order valence-electron chi connectivity index (χ1n) is 6.37. The summed E-state index contributed by atoms with van der Waals surface area (Å²) in [5, 5.41) is 0. The van der Waals surface area contributed by atoms with Crippen LogP contribution in [0.4, 0.5) is 0 Å². The van der Waals surface area contributed by atoms with Crippen LogP contribution in [0, 0.1) is 0 Å². The van der Waals surface area contributed by atoms with Crippen LogP contribution in [0.5, 0.6) is 0 Å². The van der Waals surface area contributed by atoms with Gasteiger partial charge in [-0.25, -0.2) is 0 Å². The molecule has 0 aromatic rings. The van der Waals surface area contributed by atoms with Gasteiger partial charge in [0.15, 0.2) is 0 Å². The molecule has 0 bridgehead atoms. The molecule has 2 N–H and O–H groups in total. The van der Waals surface area contributed by atoms with E-state index < -0.39 is 0 Å². The number of rotatable bonds is 6. The summed E-state index contributed by atoms with van der Waals surface area (Å²) in [6.45, 7) is 4.90. The van der Waals surface area contributed by atoms with Crippen molar-refractivity contribution in [1.82, 2.24) is 4.90 Å². The van der Waals surface area contributed by atoms with E-state index in [1.807, 2.05) is 11.8 Å². The Hall–Kier alpha value is -0.610. The summed E-state index contributed by atoms with van der Waals surface area (Å²) in [6, 6.07) is 0. The molecule has 0 radical (unpaired) electrons. The minimum absolute atomic E-state index is 0.0982. The third-order valence-electron chi connectivity index (χ3n) is 3.06. The molecule has 1 amide bonds. The van der Waals surface area contributed by atoms with Gasteiger partial charge in [0.25, 0.3) is 0 Å². The number of likely N-dealkylation sites (tertiary alicyclic amines) is 1. The Labute approximate surface area is 98.1 Å². The van der Waals surface area contributed by atoms with Crippen molar-refractivity contribution in [2.24, 2.45) is 5.73 Å². The normalized spacial score (nSPS) is 19.6. The van der Waals surface area contributed by atoms with Crippen molar-refractivity contribution in [3.8, 4) is 0 Å². The largest absolute Gasteiger partial charge is 0.377 e. The first kappa shape index (κ1) is 13.5. The highest BCUT2D eigenvalue weighted by Gasteiger charge is 2.17. The van der Waals surface area contributed by atoms with Gasteiger partial charge in [-0.15, -0.1) is 0 Å². The molecule has 4 nitrogen and oxygen atoms in total. The van der Waals surface area contributed by atoms with Crippen LogP contribution < -0.4 is 5.73 Å². The molecule has 0 aliphatic carbocycles. The molecule has 1 saturated heterocycles. The van der Waals surface area contributed by atoms with E-state index in [0.29, 0.717) is 25.5 Å². The predicted molar refractivity (Wildman–Crippen MR) is 64.1 cm³/mol. The highest BCUT2D eigenvalue weighted by molar-refractivity contribution is 5.76. The Morgan fingerprint density at radius 3 is 2.94 bits per heavy atom. The van der Waals surface area contributed by atoms with Crippen molar-refractivity contribution >= 4 is 5.91 Å². The smallest absolute Gasteiger partial charge is 0.222 e. The number of carbonyl (C=O) groups excluding carboxylic acids is 1. The Morgan fingerprint density at radius 1 is 1.44 bits per heavy atom. The summed E-state index contributed by atoms with van der Waals surface area (Å²) in [5.74, 6) is 0.296. The van der Waals surface area contributed by atoms with Crippen LogP contribution in [-0.2, 0) is 9.53 Å². The van der Waals surface area contributed by atoms with Gasteiger partial charge in [-0.1, -0.05) is 6.42 Å². The summed E-state index contributed by atoms with van der Waals surface area (Å²) in [4.78, 5) is 13.7. The van der Waals surface area contributed by atoms with E-state index in [-0.39, 0.29) is 6.10 Å². The molecule has 1 aliphatic rings. The number of nitrogens with two attached hydrogens (primary N) is 1. The maximum Gasteiger partial charge on any atom is 0.222 e. The van der Waals surface area contributed by atoms with E-state index in [4.69, 9.17) is 10.5 Å². The lowest BCUT2D eigenvalue weighted by atomic mass is 10.2. The van der Waals surface area contributed by atoms with Gasteiger partial charge < -0.3 is 15.4 Å². The Balaban J connectivity index is 2.30. The number of hydrogen-bond acceptors (Lipinski definition) is 3. The summed E-state index contributed by atoms with van der Waals surface area (Å²) in [7, 11) is 0. The molecule has 0 aromatic heterocycles. The highest BCUT2D eigenvalue weighted by atomic mass is 16.5. The zero-order valence-electron chi connectivity index (χ0n) is 10.3. The Kier molecular flexibility index (Phi) is 6.42. The fourth-order valence-electron chi connectivity index (χ4n) is 2.08. The lowest BCUT2D eigenvalue weighted by Gasteiger charge is -2.23. The topological polar surface area (TPSA) is 55.6 Å². The van der Waals surface area contributed by atoms with Gasteiger partial charge in [-0.3, -0.25) is 4.79 Å². The number of nitrogens with zero attached hydrogens (tertiary/aromatic N) is 1. The Bertz CT molecular complexity index is 209. The monoisotopic (exact) mass is 228 g/mol.